The Bertz CT molecular complexity index is 221. The minimum atomic E-state index is -0.0251. The first kappa shape index (κ1) is 13.2. The molecule has 1 N–H and O–H groups in total. The van der Waals surface area contributed by atoms with Gasteiger partial charge in [0.05, 0.1) is 5.71 Å². The summed E-state index contributed by atoms with van der Waals surface area (Å²) in [6, 6.07) is 0. The van der Waals surface area contributed by atoms with Crippen LogP contribution in [0.4, 0.5) is 0 Å². The summed E-state index contributed by atoms with van der Waals surface area (Å²) in [5, 5.41) is 12.2. The number of allylic oxidation sites excluding steroid dienone is 2. The van der Waals surface area contributed by atoms with Gasteiger partial charge in [0.25, 0.3) is 0 Å². The summed E-state index contributed by atoms with van der Waals surface area (Å²) in [4.78, 5) is 0. The third-order valence-corrected chi connectivity index (χ3v) is 2.42. The molecule has 2 nitrogen and oxygen atoms in total. The molecule has 0 aromatic heterocycles. The predicted octanol–water partition coefficient (Wildman–Crippen LogP) is 4.00. The van der Waals surface area contributed by atoms with Crippen molar-refractivity contribution in [3.63, 3.8) is 0 Å². The van der Waals surface area contributed by atoms with Gasteiger partial charge in [0.1, 0.15) is 0 Å². The molecule has 0 bridgehead atoms. The van der Waals surface area contributed by atoms with Gasteiger partial charge in [-0.1, -0.05) is 44.5 Å². The van der Waals surface area contributed by atoms with Gasteiger partial charge in [0.2, 0.25) is 0 Å². The normalized spacial score (nSPS) is 14.6. The van der Waals surface area contributed by atoms with Crippen LogP contribution in [0.1, 0.15) is 53.9 Å². The Morgan fingerprint density at radius 2 is 1.93 bits per heavy atom. The molecule has 0 unspecified atom stereocenters. The highest BCUT2D eigenvalue weighted by Crippen LogP contribution is 2.19. The fraction of sp³-hybridized carbons (Fsp3) is 0.750. The van der Waals surface area contributed by atoms with Crippen molar-refractivity contribution in [2.75, 3.05) is 0 Å². The van der Waals surface area contributed by atoms with Crippen molar-refractivity contribution in [1.29, 1.82) is 0 Å². The zero-order valence-corrected chi connectivity index (χ0v) is 10.1. The van der Waals surface area contributed by atoms with E-state index < -0.39 is 0 Å². The van der Waals surface area contributed by atoms with Gasteiger partial charge in [-0.15, -0.1) is 0 Å². The summed E-state index contributed by atoms with van der Waals surface area (Å²) < 4.78 is 0. The van der Waals surface area contributed by atoms with E-state index in [0.717, 1.165) is 25.0 Å². The molecule has 0 saturated carbocycles. The Morgan fingerprint density at radius 3 is 2.29 bits per heavy atom. The van der Waals surface area contributed by atoms with Crippen LogP contribution in [0.3, 0.4) is 0 Å². The van der Waals surface area contributed by atoms with Gasteiger partial charge < -0.3 is 5.21 Å². The summed E-state index contributed by atoms with van der Waals surface area (Å²) in [7, 11) is 0. The standard InChI is InChI=1S/C12H23NO/c1-6-10(2)8-7-9-11(13-14)12(3,4)5/h8,14H,6-7,9H2,1-5H3/b10-8+,13-11-. The van der Waals surface area contributed by atoms with Crippen LogP contribution >= 0.6 is 0 Å². The van der Waals surface area contributed by atoms with Crippen molar-refractivity contribution < 1.29 is 5.21 Å². The molecule has 0 atom stereocenters. The fourth-order valence-electron chi connectivity index (χ4n) is 1.17. The molecule has 14 heavy (non-hydrogen) atoms. The average Bonchev–Trinajstić information content (AvgIpc) is 2.09. The molecule has 0 heterocycles. The van der Waals surface area contributed by atoms with E-state index >= 15 is 0 Å². The maximum Gasteiger partial charge on any atom is 0.0627 e. The highest BCUT2D eigenvalue weighted by molar-refractivity contribution is 5.88. The van der Waals surface area contributed by atoms with Crippen molar-refractivity contribution in [2.45, 2.75) is 53.9 Å². The second-order valence-corrected chi connectivity index (χ2v) is 4.74. The second-order valence-electron chi connectivity index (χ2n) is 4.74. The minimum absolute atomic E-state index is 0.0251. The molecule has 0 amide bonds. The van der Waals surface area contributed by atoms with Crippen LogP contribution in [0.25, 0.3) is 0 Å². The molecule has 0 aliphatic rings. The van der Waals surface area contributed by atoms with Gasteiger partial charge in [-0.25, -0.2) is 0 Å². The van der Waals surface area contributed by atoms with E-state index in [-0.39, 0.29) is 5.41 Å². The van der Waals surface area contributed by atoms with E-state index in [1.165, 1.54) is 5.57 Å². The Labute approximate surface area is 87.7 Å². The molecule has 0 spiro atoms. The molecule has 2 heteroatoms. The predicted molar refractivity (Wildman–Crippen MR) is 62.0 cm³/mol. The van der Waals surface area contributed by atoms with Gasteiger partial charge in [-0.05, 0) is 26.2 Å². The van der Waals surface area contributed by atoms with Crippen LogP contribution in [-0.4, -0.2) is 10.9 Å². The largest absolute Gasteiger partial charge is 0.411 e. The van der Waals surface area contributed by atoms with Crippen LogP contribution in [-0.2, 0) is 0 Å². The molecule has 82 valence electrons. The van der Waals surface area contributed by atoms with Crippen LogP contribution in [0.5, 0.6) is 0 Å². The molecule has 0 saturated heterocycles. The van der Waals surface area contributed by atoms with E-state index in [9.17, 15) is 0 Å². The monoisotopic (exact) mass is 197 g/mol. The first-order chi connectivity index (χ1) is 6.41. The van der Waals surface area contributed by atoms with E-state index in [1.54, 1.807) is 0 Å². The summed E-state index contributed by atoms with van der Waals surface area (Å²) in [5.41, 5.74) is 2.25. The van der Waals surface area contributed by atoms with E-state index in [0.29, 0.717) is 0 Å². The van der Waals surface area contributed by atoms with Crippen molar-refractivity contribution in [3.8, 4) is 0 Å². The van der Waals surface area contributed by atoms with Crippen LogP contribution < -0.4 is 0 Å². The van der Waals surface area contributed by atoms with Gasteiger partial charge in [-0.2, -0.15) is 0 Å². The maximum atomic E-state index is 8.85. The van der Waals surface area contributed by atoms with Crippen molar-refractivity contribution in [3.05, 3.63) is 11.6 Å². The number of oxime groups is 1. The lowest BCUT2D eigenvalue weighted by Crippen LogP contribution is -2.20. The van der Waals surface area contributed by atoms with Gasteiger partial charge >= 0.3 is 0 Å². The highest BCUT2D eigenvalue weighted by atomic mass is 16.4. The molecular formula is C12H23NO. The molecule has 0 aliphatic heterocycles. The Balaban J connectivity index is 4.13. The lowest BCUT2D eigenvalue weighted by atomic mass is 9.87. The van der Waals surface area contributed by atoms with Crippen LogP contribution in [0.2, 0.25) is 0 Å². The van der Waals surface area contributed by atoms with E-state index in [1.807, 2.05) is 0 Å². The van der Waals surface area contributed by atoms with Crippen LogP contribution in [0, 0.1) is 5.41 Å². The summed E-state index contributed by atoms with van der Waals surface area (Å²) in [5.74, 6) is 0. The van der Waals surface area contributed by atoms with Crippen molar-refractivity contribution in [2.24, 2.45) is 10.6 Å². The maximum absolute atomic E-state index is 8.85. The fourth-order valence-corrected chi connectivity index (χ4v) is 1.17. The Morgan fingerprint density at radius 1 is 1.36 bits per heavy atom. The molecule has 0 aromatic carbocycles. The SMILES string of the molecule is CC/C(C)=C/CC/C(=N/O)C(C)(C)C. The van der Waals surface area contributed by atoms with Gasteiger partial charge in [0, 0.05) is 5.41 Å². The molecule has 0 rings (SSSR count). The average molecular weight is 197 g/mol. The zero-order valence-electron chi connectivity index (χ0n) is 10.1. The third kappa shape index (κ3) is 5.05. The Hall–Kier alpha value is -0.790. The first-order valence-corrected chi connectivity index (χ1v) is 5.28. The van der Waals surface area contributed by atoms with E-state index in [2.05, 4.69) is 45.9 Å². The number of nitrogens with zero attached hydrogens (tertiary/aromatic N) is 1. The number of hydrogen-bond acceptors (Lipinski definition) is 2. The molecule has 0 fully saturated rings. The lowest BCUT2D eigenvalue weighted by molar-refractivity contribution is 0.309. The second kappa shape index (κ2) is 5.84. The van der Waals surface area contributed by atoms with Crippen molar-refractivity contribution >= 4 is 5.71 Å². The minimum Gasteiger partial charge on any atom is -0.411 e. The zero-order chi connectivity index (χ0) is 11.2. The molecular weight excluding hydrogens is 174 g/mol. The molecule has 0 aliphatic carbocycles. The smallest absolute Gasteiger partial charge is 0.0627 e. The summed E-state index contributed by atoms with van der Waals surface area (Å²) in [6.45, 7) is 10.5. The third-order valence-electron chi connectivity index (χ3n) is 2.42. The van der Waals surface area contributed by atoms with Gasteiger partial charge in [-0.3, -0.25) is 0 Å². The van der Waals surface area contributed by atoms with Crippen molar-refractivity contribution in [1.82, 2.24) is 0 Å². The summed E-state index contributed by atoms with van der Waals surface area (Å²) in [6.07, 6.45) is 5.13. The van der Waals surface area contributed by atoms with Crippen LogP contribution in [0.15, 0.2) is 16.8 Å². The summed E-state index contributed by atoms with van der Waals surface area (Å²) >= 11 is 0. The highest BCUT2D eigenvalue weighted by Gasteiger charge is 2.18. The quantitative estimate of drug-likeness (QED) is 0.314. The molecule has 0 radical (unpaired) electrons. The van der Waals surface area contributed by atoms with Gasteiger partial charge in [0.15, 0.2) is 0 Å². The number of hydrogen-bond donors (Lipinski definition) is 1. The lowest BCUT2D eigenvalue weighted by Gasteiger charge is -2.19. The Kier molecular flexibility index (Phi) is 5.51. The number of rotatable bonds is 4. The molecule has 0 aromatic rings. The first-order valence-electron chi connectivity index (χ1n) is 5.28. The van der Waals surface area contributed by atoms with E-state index in [4.69, 9.17) is 5.21 Å². The topological polar surface area (TPSA) is 32.6 Å².